The van der Waals surface area contributed by atoms with Gasteiger partial charge in [-0.25, -0.2) is 9.99 Å². The van der Waals surface area contributed by atoms with Crippen LogP contribution in [0.25, 0.3) is 17.1 Å². The fraction of sp³-hybridized carbons (Fsp3) is 0.273. The number of amides is 1. The maximum Gasteiger partial charge on any atom is 0.285 e. The van der Waals surface area contributed by atoms with Crippen molar-refractivity contribution in [1.29, 1.82) is 0 Å². The molecule has 0 unspecified atom stereocenters. The minimum Gasteiger partial charge on any atom is -0.326 e. The molecule has 2 aromatic carbocycles. The van der Waals surface area contributed by atoms with Crippen molar-refractivity contribution in [2.24, 2.45) is 5.73 Å². The number of nitrogens with one attached hydrogen (secondary N) is 1. The number of halogens is 1. The molecule has 0 atom stereocenters. The first kappa shape index (κ1) is 19.6. The Kier molecular flexibility index (Phi) is 5.94. The zero-order valence-electron chi connectivity index (χ0n) is 16.1. The summed E-state index contributed by atoms with van der Waals surface area (Å²) in [4.78, 5) is 17.6. The second-order valence-corrected chi connectivity index (χ2v) is 7.58. The number of carbonyl (C=O) groups is 1. The minimum atomic E-state index is -0.203. The number of nitrogens with two attached hydrogens (primary N) is 1. The standard InChI is InChI=1S/C22H24ClN5O/c23-17-8-10-18(11-9-17)28-15-20(22(29)26-27-12-4-1-5-13-27)25-21(28)19-7-3-2-6-16(19)14-24/h2-3,6-11,15H,1,4-5,12-14,24H2,(H,26,29). The van der Waals surface area contributed by atoms with E-state index in [0.717, 1.165) is 42.7 Å². The average molecular weight is 410 g/mol. The van der Waals surface area contributed by atoms with Crippen LogP contribution >= 0.6 is 11.6 Å². The van der Waals surface area contributed by atoms with E-state index >= 15 is 0 Å². The van der Waals surface area contributed by atoms with Crippen LogP contribution in [-0.2, 0) is 6.54 Å². The van der Waals surface area contributed by atoms with E-state index in [1.807, 2.05) is 58.1 Å². The van der Waals surface area contributed by atoms with Crippen molar-refractivity contribution in [3.05, 3.63) is 71.0 Å². The van der Waals surface area contributed by atoms with Crippen molar-refractivity contribution in [2.75, 3.05) is 13.1 Å². The Morgan fingerprint density at radius 3 is 2.52 bits per heavy atom. The van der Waals surface area contributed by atoms with Crippen LogP contribution in [0.1, 0.15) is 35.3 Å². The zero-order chi connectivity index (χ0) is 20.2. The Labute approximate surface area is 175 Å². The lowest BCUT2D eigenvalue weighted by Gasteiger charge is -2.26. The van der Waals surface area contributed by atoms with Crippen LogP contribution in [0, 0.1) is 0 Å². The summed E-state index contributed by atoms with van der Waals surface area (Å²) in [5.74, 6) is 0.475. The van der Waals surface area contributed by atoms with Crippen LogP contribution < -0.4 is 11.2 Å². The molecule has 0 bridgehead atoms. The molecule has 150 valence electrons. The average Bonchev–Trinajstić information content (AvgIpc) is 3.20. The van der Waals surface area contributed by atoms with E-state index in [-0.39, 0.29) is 5.91 Å². The van der Waals surface area contributed by atoms with Gasteiger partial charge in [-0.05, 0) is 42.7 Å². The van der Waals surface area contributed by atoms with Gasteiger partial charge >= 0.3 is 0 Å². The molecule has 7 heteroatoms. The van der Waals surface area contributed by atoms with Crippen molar-refractivity contribution >= 4 is 17.5 Å². The fourth-order valence-electron chi connectivity index (χ4n) is 3.60. The molecule has 1 amide bonds. The number of nitrogens with zero attached hydrogens (tertiary/aromatic N) is 3. The second kappa shape index (κ2) is 8.78. The number of hydrazine groups is 1. The summed E-state index contributed by atoms with van der Waals surface area (Å²) in [6.45, 7) is 2.12. The highest BCUT2D eigenvalue weighted by Crippen LogP contribution is 2.27. The van der Waals surface area contributed by atoms with Crippen LogP contribution in [0.3, 0.4) is 0 Å². The topological polar surface area (TPSA) is 76.2 Å². The van der Waals surface area contributed by atoms with Crippen molar-refractivity contribution < 1.29 is 4.79 Å². The normalized spacial score (nSPS) is 14.7. The van der Waals surface area contributed by atoms with E-state index < -0.39 is 0 Å². The number of carbonyl (C=O) groups excluding carboxylic acids is 1. The maximum absolute atomic E-state index is 12.9. The summed E-state index contributed by atoms with van der Waals surface area (Å²) >= 11 is 6.06. The van der Waals surface area contributed by atoms with Crippen LogP contribution in [-0.4, -0.2) is 33.6 Å². The maximum atomic E-state index is 12.9. The minimum absolute atomic E-state index is 0.203. The third-order valence-corrected chi connectivity index (χ3v) is 5.39. The van der Waals surface area contributed by atoms with Gasteiger partial charge in [0.25, 0.3) is 5.91 Å². The number of hydrogen-bond donors (Lipinski definition) is 2. The van der Waals surface area contributed by atoms with Crippen molar-refractivity contribution in [2.45, 2.75) is 25.8 Å². The molecular weight excluding hydrogens is 386 g/mol. The quantitative estimate of drug-likeness (QED) is 0.672. The molecule has 0 saturated carbocycles. The van der Waals surface area contributed by atoms with Crippen LogP contribution in [0.15, 0.2) is 54.7 Å². The molecule has 0 spiro atoms. The third kappa shape index (κ3) is 4.34. The lowest BCUT2D eigenvalue weighted by Crippen LogP contribution is -2.45. The molecule has 29 heavy (non-hydrogen) atoms. The lowest BCUT2D eigenvalue weighted by atomic mass is 10.1. The number of rotatable bonds is 5. The number of benzene rings is 2. The first-order valence-corrected chi connectivity index (χ1v) is 10.2. The predicted octanol–water partition coefficient (Wildman–Crippen LogP) is 3.78. The molecule has 1 aliphatic rings. The summed E-state index contributed by atoms with van der Waals surface area (Å²) in [5, 5.41) is 2.63. The van der Waals surface area contributed by atoms with Crippen molar-refractivity contribution in [3.8, 4) is 17.1 Å². The predicted molar refractivity (Wildman–Crippen MR) is 115 cm³/mol. The first-order chi connectivity index (χ1) is 14.2. The molecule has 3 N–H and O–H groups in total. The summed E-state index contributed by atoms with van der Waals surface area (Å²) in [6, 6.07) is 15.3. The molecular formula is C22H24ClN5O. The second-order valence-electron chi connectivity index (χ2n) is 7.15. The Hall–Kier alpha value is -2.67. The Bertz CT molecular complexity index is 993. The summed E-state index contributed by atoms with van der Waals surface area (Å²) in [6.07, 6.45) is 5.16. The summed E-state index contributed by atoms with van der Waals surface area (Å²) in [5.41, 5.74) is 12.1. The van der Waals surface area contributed by atoms with Gasteiger partial charge in [-0.2, -0.15) is 0 Å². The van der Waals surface area contributed by atoms with Gasteiger partial charge in [-0.3, -0.25) is 14.8 Å². The van der Waals surface area contributed by atoms with Crippen LogP contribution in [0.4, 0.5) is 0 Å². The van der Waals surface area contributed by atoms with Gasteiger partial charge in [0.15, 0.2) is 0 Å². The fourth-order valence-corrected chi connectivity index (χ4v) is 3.73. The lowest BCUT2D eigenvalue weighted by molar-refractivity contribution is 0.0745. The number of aromatic nitrogens is 2. The molecule has 0 aliphatic carbocycles. The monoisotopic (exact) mass is 409 g/mol. The summed E-state index contributed by atoms with van der Waals surface area (Å²) in [7, 11) is 0. The van der Waals surface area contributed by atoms with Gasteiger partial charge < -0.3 is 5.73 Å². The van der Waals surface area contributed by atoms with E-state index in [2.05, 4.69) is 10.4 Å². The highest BCUT2D eigenvalue weighted by atomic mass is 35.5. The van der Waals surface area contributed by atoms with Crippen molar-refractivity contribution in [1.82, 2.24) is 20.0 Å². The number of imidazole rings is 1. The molecule has 1 aromatic heterocycles. The van der Waals surface area contributed by atoms with Crippen LogP contribution in [0.2, 0.25) is 5.02 Å². The van der Waals surface area contributed by atoms with E-state index in [1.54, 1.807) is 6.20 Å². The van der Waals surface area contributed by atoms with E-state index in [4.69, 9.17) is 17.3 Å². The van der Waals surface area contributed by atoms with E-state index in [0.29, 0.717) is 23.1 Å². The SMILES string of the molecule is NCc1ccccc1-c1nc(C(=O)NN2CCCCC2)cn1-c1ccc(Cl)cc1. The summed E-state index contributed by atoms with van der Waals surface area (Å²) < 4.78 is 1.91. The van der Waals surface area contributed by atoms with Gasteiger partial charge in [0.2, 0.25) is 0 Å². The molecule has 2 heterocycles. The first-order valence-electron chi connectivity index (χ1n) is 9.85. The highest BCUT2D eigenvalue weighted by molar-refractivity contribution is 6.30. The number of hydrogen-bond acceptors (Lipinski definition) is 4. The molecule has 6 nitrogen and oxygen atoms in total. The van der Waals surface area contributed by atoms with E-state index in [9.17, 15) is 4.79 Å². The molecule has 3 aromatic rings. The van der Waals surface area contributed by atoms with Gasteiger partial charge in [-0.1, -0.05) is 42.3 Å². The van der Waals surface area contributed by atoms with Crippen molar-refractivity contribution in [3.63, 3.8) is 0 Å². The highest BCUT2D eigenvalue weighted by Gasteiger charge is 2.20. The Morgan fingerprint density at radius 2 is 1.79 bits per heavy atom. The smallest absolute Gasteiger partial charge is 0.285 e. The molecule has 4 rings (SSSR count). The Balaban J connectivity index is 1.74. The molecule has 1 saturated heterocycles. The van der Waals surface area contributed by atoms with Gasteiger partial charge in [0, 0.05) is 42.1 Å². The van der Waals surface area contributed by atoms with Gasteiger partial charge in [0.1, 0.15) is 11.5 Å². The Morgan fingerprint density at radius 1 is 1.07 bits per heavy atom. The van der Waals surface area contributed by atoms with E-state index in [1.165, 1.54) is 6.42 Å². The third-order valence-electron chi connectivity index (χ3n) is 5.14. The molecule has 0 radical (unpaired) electrons. The van der Waals surface area contributed by atoms with Gasteiger partial charge in [-0.15, -0.1) is 0 Å². The molecule has 1 aliphatic heterocycles. The molecule has 1 fully saturated rings. The van der Waals surface area contributed by atoms with Gasteiger partial charge in [0.05, 0.1) is 0 Å². The largest absolute Gasteiger partial charge is 0.326 e. The zero-order valence-corrected chi connectivity index (χ0v) is 16.9. The number of piperidine rings is 1. The van der Waals surface area contributed by atoms with Crippen LogP contribution in [0.5, 0.6) is 0 Å².